The van der Waals surface area contributed by atoms with Crippen molar-refractivity contribution in [3.63, 3.8) is 0 Å². The number of morpholine rings is 1. The summed E-state index contributed by atoms with van der Waals surface area (Å²) in [6.07, 6.45) is 4.02. The predicted octanol–water partition coefficient (Wildman–Crippen LogP) is 3.12. The quantitative estimate of drug-likeness (QED) is 0.880. The number of ether oxygens (including phenoxy) is 1. The van der Waals surface area contributed by atoms with Crippen LogP contribution in [0.15, 0.2) is 24.3 Å². The van der Waals surface area contributed by atoms with Crippen molar-refractivity contribution in [1.82, 2.24) is 0 Å². The van der Waals surface area contributed by atoms with E-state index in [-0.39, 0.29) is 0 Å². The predicted molar refractivity (Wildman–Crippen MR) is 79.9 cm³/mol. The lowest BCUT2D eigenvalue weighted by Gasteiger charge is -2.29. The molecule has 1 unspecified atom stereocenters. The summed E-state index contributed by atoms with van der Waals surface area (Å²) in [4.78, 5) is 2.39. The van der Waals surface area contributed by atoms with Crippen LogP contribution >= 0.6 is 0 Å². The van der Waals surface area contributed by atoms with E-state index in [4.69, 9.17) is 4.74 Å². The van der Waals surface area contributed by atoms with Gasteiger partial charge in [-0.1, -0.05) is 6.92 Å². The topological polar surface area (TPSA) is 24.5 Å². The molecule has 2 aliphatic rings. The molecule has 19 heavy (non-hydrogen) atoms. The van der Waals surface area contributed by atoms with Crippen molar-refractivity contribution in [1.29, 1.82) is 0 Å². The number of nitrogens with one attached hydrogen (secondary N) is 1. The van der Waals surface area contributed by atoms with E-state index in [0.29, 0.717) is 6.04 Å². The average molecular weight is 260 g/mol. The Hall–Kier alpha value is -1.22. The number of hydrogen-bond acceptors (Lipinski definition) is 3. The highest BCUT2D eigenvalue weighted by molar-refractivity contribution is 5.55. The zero-order chi connectivity index (χ0) is 13.1. The largest absolute Gasteiger partial charge is 0.382 e. The highest BCUT2D eigenvalue weighted by Gasteiger charge is 2.29. The number of anilines is 2. The van der Waals surface area contributed by atoms with E-state index in [1.165, 1.54) is 30.6 Å². The molecule has 2 fully saturated rings. The molecule has 3 nitrogen and oxygen atoms in total. The first-order valence-electron chi connectivity index (χ1n) is 7.56. The second kappa shape index (κ2) is 5.83. The van der Waals surface area contributed by atoms with Gasteiger partial charge in [0.1, 0.15) is 0 Å². The minimum atomic E-state index is 0.661. The van der Waals surface area contributed by atoms with Crippen molar-refractivity contribution in [2.75, 3.05) is 36.5 Å². The maximum absolute atomic E-state index is 5.39. The number of nitrogens with zero attached hydrogens (tertiary/aromatic N) is 1. The van der Waals surface area contributed by atoms with E-state index in [1.807, 2.05) is 0 Å². The van der Waals surface area contributed by atoms with E-state index >= 15 is 0 Å². The van der Waals surface area contributed by atoms with Crippen LogP contribution in [-0.2, 0) is 4.74 Å². The van der Waals surface area contributed by atoms with E-state index < -0.39 is 0 Å². The molecular formula is C16H24N2O. The van der Waals surface area contributed by atoms with Crippen LogP contribution < -0.4 is 10.2 Å². The summed E-state index contributed by atoms with van der Waals surface area (Å²) in [5.74, 6) is 0.906. The Morgan fingerprint density at radius 1 is 1.21 bits per heavy atom. The Morgan fingerprint density at radius 2 is 1.89 bits per heavy atom. The van der Waals surface area contributed by atoms with Gasteiger partial charge in [-0.05, 0) is 49.4 Å². The second-order valence-corrected chi connectivity index (χ2v) is 5.64. The third kappa shape index (κ3) is 3.21. The third-order valence-corrected chi connectivity index (χ3v) is 4.23. The summed E-state index contributed by atoms with van der Waals surface area (Å²) in [7, 11) is 0. The smallest absolute Gasteiger partial charge is 0.0642 e. The molecule has 1 aliphatic heterocycles. The highest BCUT2D eigenvalue weighted by Crippen LogP contribution is 2.35. The fourth-order valence-electron chi connectivity index (χ4n) is 2.86. The van der Waals surface area contributed by atoms with Crippen molar-refractivity contribution in [2.45, 2.75) is 32.2 Å². The van der Waals surface area contributed by atoms with Crippen LogP contribution in [0.3, 0.4) is 0 Å². The van der Waals surface area contributed by atoms with Gasteiger partial charge >= 0.3 is 0 Å². The summed E-state index contributed by atoms with van der Waals surface area (Å²) in [6.45, 7) is 5.98. The molecule has 3 rings (SSSR count). The summed E-state index contributed by atoms with van der Waals surface area (Å²) in [6, 6.07) is 9.56. The van der Waals surface area contributed by atoms with Crippen molar-refractivity contribution < 1.29 is 4.74 Å². The lowest BCUT2D eigenvalue weighted by atomic mass is 10.1. The van der Waals surface area contributed by atoms with Crippen molar-refractivity contribution >= 4 is 11.4 Å². The van der Waals surface area contributed by atoms with Gasteiger partial charge in [0.2, 0.25) is 0 Å². The van der Waals surface area contributed by atoms with Crippen LogP contribution in [0.1, 0.15) is 26.2 Å². The zero-order valence-electron chi connectivity index (χ0n) is 11.8. The summed E-state index contributed by atoms with van der Waals surface area (Å²) >= 11 is 0. The van der Waals surface area contributed by atoms with E-state index in [0.717, 1.165) is 32.2 Å². The Bertz CT molecular complexity index is 394. The molecule has 0 aromatic heterocycles. The van der Waals surface area contributed by atoms with E-state index in [1.54, 1.807) is 0 Å². The lowest BCUT2D eigenvalue weighted by Crippen LogP contribution is -2.36. The van der Waals surface area contributed by atoms with Gasteiger partial charge in [0, 0.05) is 30.5 Å². The van der Waals surface area contributed by atoms with Gasteiger partial charge < -0.3 is 15.0 Å². The maximum Gasteiger partial charge on any atom is 0.0642 e. The van der Waals surface area contributed by atoms with Gasteiger partial charge in [0.15, 0.2) is 0 Å². The van der Waals surface area contributed by atoms with Crippen LogP contribution in [0.2, 0.25) is 0 Å². The van der Waals surface area contributed by atoms with Crippen LogP contribution in [0.4, 0.5) is 11.4 Å². The van der Waals surface area contributed by atoms with Crippen LogP contribution in [0, 0.1) is 5.92 Å². The molecule has 1 heterocycles. The van der Waals surface area contributed by atoms with Gasteiger partial charge in [-0.3, -0.25) is 0 Å². The van der Waals surface area contributed by atoms with Gasteiger partial charge in [-0.25, -0.2) is 0 Å². The number of benzene rings is 1. The molecule has 1 aromatic carbocycles. The Balaban J connectivity index is 1.61. The molecule has 1 saturated heterocycles. The summed E-state index contributed by atoms with van der Waals surface area (Å²) in [5.41, 5.74) is 2.57. The summed E-state index contributed by atoms with van der Waals surface area (Å²) < 4.78 is 5.39. The lowest BCUT2D eigenvalue weighted by molar-refractivity contribution is 0.122. The van der Waals surface area contributed by atoms with Gasteiger partial charge in [0.05, 0.1) is 13.2 Å². The second-order valence-electron chi connectivity index (χ2n) is 5.64. The van der Waals surface area contributed by atoms with E-state index in [9.17, 15) is 0 Å². The Labute approximate surface area is 115 Å². The molecule has 0 spiro atoms. The fourth-order valence-corrected chi connectivity index (χ4v) is 2.86. The average Bonchev–Trinajstić information content (AvgIpc) is 3.31. The van der Waals surface area contributed by atoms with Crippen molar-refractivity contribution in [3.05, 3.63) is 24.3 Å². The Kier molecular flexibility index (Phi) is 3.92. The highest BCUT2D eigenvalue weighted by atomic mass is 16.5. The minimum absolute atomic E-state index is 0.661. The molecule has 1 aromatic rings. The molecular weight excluding hydrogens is 236 g/mol. The van der Waals surface area contributed by atoms with Gasteiger partial charge in [-0.15, -0.1) is 0 Å². The minimum Gasteiger partial charge on any atom is -0.382 e. The first-order chi connectivity index (χ1) is 9.36. The van der Waals surface area contributed by atoms with Gasteiger partial charge in [0.25, 0.3) is 0 Å². The Morgan fingerprint density at radius 3 is 2.47 bits per heavy atom. The summed E-state index contributed by atoms with van der Waals surface area (Å²) in [5, 5.41) is 3.68. The molecule has 0 amide bonds. The molecule has 1 saturated carbocycles. The number of rotatable bonds is 5. The van der Waals surface area contributed by atoms with Gasteiger partial charge in [-0.2, -0.15) is 0 Å². The van der Waals surface area contributed by atoms with E-state index in [2.05, 4.69) is 41.4 Å². The molecule has 0 radical (unpaired) electrons. The molecule has 3 heteroatoms. The van der Waals surface area contributed by atoms with Crippen LogP contribution in [0.25, 0.3) is 0 Å². The molecule has 1 aliphatic carbocycles. The van der Waals surface area contributed by atoms with Crippen molar-refractivity contribution in [3.8, 4) is 0 Å². The molecule has 0 bridgehead atoms. The standard InChI is InChI=1S/C16H24N2O/c1-2-16(13-3-4-13)17-14-5-7-15(8-6-14)18-9-11-19-12-10-18/h5-8,13,16-17H,2-4,9-12H2,1H3. The van der Waals surface area contributed by atoms with Crippen LogP contribution in [-0.4, -0.2) is 32.3 Å². The van der Waals surface area contributed by atoms with Crippen molar-refractivity contribution in [2.24, 2.45) is 5.92 Å². The maximum atomic E-state index is 5.39. The fraction of sp³-hybridized carbons (Fsp3) is 0.625. The van der Waals surface area contributed by atoms with Crippen LogP contribution in [0.5, 0.6) is 0 Å². The number of hydrogen-bond donors (Lipinski definition) is 1. The normalized spacial score (nSPS) is 21.2. The zero-order valence-corrected chi connectivity index (χ0v) is 11.8. The first kappa shape index (κ1) is 12.8. The molecule has 104 valence electrons. The molecule has 1 N–H and O–H groups in total. The SMILES string of the molecule is CCC(Nc1ccc(N2CCOCC2)cc1)C1CC1. The molecule has 1 atom stereocenters. The first-order valence-corrected chi connectivity index (χ1v) is 7.56. The third-order valence-electron chi connectivity index (χ3n) is 4.23. The monoisotopic (exact) mass is 260 g/mol.